The third-order valence-electron chi connectivity index (χ3n) is 4.26. The fourth-order valence-corrected chi connectivity index (χ4v) is 3.04. The van der Waals surface area contributed by atoms with Gasteiger partial charge in [0.1, 0.15) is 11.4 Å². The van der Waals surface area contributed by atoms with Crippen LogP contribution in [0.15, 0.2) is 48.5 Å². The van der Waals surface area contributed by atoms with Crippen LogP contribution in [-0.2, 0) is 0 Å². The van der Waals surface area contributed by atoms with Gasteiger partial charge in [-0.05, 0) is 30.3 Å². The number of methoxy groups -OCH3 is 1. The molecule has 0 spiro atoms. The first kappa shape index (κ1) is 17.1. The molecule has 0 fully saturated rings. The maximum atomic E-state index is 12.7. The molecule has 2 aromatic heterocycles. The van der Waals surface area contributed by atoms with Crippen molar-refractivity contribution >= 4 is 34.4 Å². The second kappa shape index (κ2) is 6.77. The summed E-state index contributed by atoms with van der Waals surface area (Å²) in [6.45, 7) is 0. The van der Waals surface area contributed by atoms with E-state index in [1.165, 1.54) is 12.0 Å². The molecule has 2 N–H and O–H groups in total. The largest absolute Gasteiger partial charge is 0.495 e. The fraction of sp³-hybridized carbons (Fsp3) is 0.105. The van der Waals surface area contributed by atoms with Gasteiger partial charge in [0, 0.05) is 18.7 Å². The van der Waals surface area contributed by atoms with Gasteiger partial charge in [-0.25, -0.2) is 4.98 Å². The summed E-state index contributed by atoms with van der Waals surface area (Å²) in [5, 5.41) is 7.52. The van der Waals surface area contributed by atoms with Crippen molar-refractivity contribution in [2.24, 2.45) is 0 Å². The second-order valence-corrected chi connectivity index (χ2v) is 6.36. The third kappa shape index (κ3) is 3.13. The van der Waals surface area contributed by atoms with Crippen LogP contribution in [0.2, 0.25) is 5.02 Å². The Hall–Kier alpha value is -3.32. The van der Waals surface area contributed by atoms with Crippen LogP contribution < -0.4 is 9.64 Å². The number of aromatic amines is 2. The van der Waals surface area contributed by atoms with Gasteiger partial charge >= 0.3 is 0 Å². The zero-order chi connectivity index (χ0) is 19.0. The van der Waals surface area contributed by atoms with Gasteiger partial charge in [-0.2, -0.15) is 5.10 Å². The van der Waals surface area contributed by atoms with Gasteiger partial charge in [0.05, 0.1) is 23.2 Å². The van der Waals surface area contributed by atoms with Crippen LogP contribution in [0.25, 0.3) is 22.6 Å². The predicted molar refractivity (Wildman–Crippen MR) is 104 cm³/mol. The summed E-state index contributed by atoms with van der Waals surface area (Å²) in [5.41, 5.74) is 2.92. The number of hydrogen-bond acceptors (Lipinski definition) is 4. The summed E-state index contributed by atoms with van der Waals surface area (Å²) in [5.74, 6) is 1.41. The average Bonchev–Trinajstić information content (AvgIpc) is 3.33. The zero-order valence-electron chi connectivity index (χ0n) is 14.7. The predicted octanol–water partition coefficient (Wildman–Crippen LogP) is 3.89. The van der Waals surface area contributed by atoms with Crippen LogP contribution in [-0.4, -0.2) is 40.2 Å². The molecule has 0 radical (unpaired) electrons. The number of nitrogens with zero attached hydrogens (tertiary/aromatic N) is 3. The van der Waals surface area contributed by atoms with E-state index in [1.807, 2.05) is 24.3 Å². The van der Waals surface area contributed by atoms with Gasteiger partial charge in [0.2, 0.25) is 0 Å². The smallest absolute Gasteiger partial charge is 0.259 e. The van der Waals surface area contributed by atoms with E-state index in [0.717, 1.165) is 11.0 Å². The van der Waals surface area contributed by atoms with E-state index in [-0.39, 0.29) is 5.91 Å². The number of anilines is 1. The van der Waals surface area contributed by atoms with Gasteiger partial charge in [0.25, 0.3) is 5.91 Å². The number of H-pyrrole nitrogens is 2. The number of ether oxygens (including phenoxy) is 1. The standard InChI is InChI=1S/C19H16ClN5O2/c1-25(19(26)11-7-8-16(27-2)12(20)9-11)17-10-15(23-24-17)18-21-13-5-3-4-6-14(13)22-18/h3-10H,1-2H3,(H,21,22)(H,23,24). The van der Waals surface area contributed by atoms with Crippen molar-refractivity contribution in [2.75, 3.05) is 19.1 Å². The number of fused-ring (bicyclic) bond motifs is 1. The summed E-state index contributed by atoms with van der Waals surface area (Å²) in [4.78, 5) is 21.9. The highest BCUT2D eigenvalue weighted by atomic mass is 35.5. The quantitative estimate of drug-likeness (QED) is 0.561. The molecule has 7 nitrogen and oxygen atoms in total. The third-order valence-corrected chi connectivity index (χ3v) is 4.55. The number of halogens is 1. The lowest BCUT2D eigenvalue weighted by atomic mass is 10.2. The maximum absolute atomic E-state index is 12.7. The normalized spacial score (nSPS) is 10.9. The van der Waals surface area contributed by atoms with Crippen molar-refractivity contribution in [3.05, 3.63) is 59.1 Å². The molecule has 136 valence electrons. The van der Waals surface area contributed by atoms with Crippen molar-refractivity contribution in [1.82, 2.24) is 20.2 Å². The molecule has 4 aromatic rings. The lowest BCUT2D eigenvalue weighted by Crippen LogP contribution is -2.26. The maximum Gasteiger partial charge on any atom is 0.259 e. The van der Waals surface area contributed by atoms with Crippen molar-refractivity contribution in [3.63, 3.8) is 0 Å². The van der Waals surface area contributed by atoms with E-state index >= 15 is 0 Å². The van der Waals surface area contributed by atoms with Crippen LogP contribution in [0, 0.1) is 0 Å². The Morgan fingerprint density at radius 2 is 2.00 bits per heavy atom. The first-order chi connectivity index (χ1) is 13.1. The SMILES string of the molecule is COc1ccc(C(=O)N(C)c2cc(-c3nc4ccccc4[nH]3)[nH]n2)cc1Cl. The van der Waals surface area contributed by atoms with Gasteiger partial charge in [0.15, 0.2) is 11.6 Å². The Kier molecular flexibility index (Phi) is 4.29. The summed E-state index contributed by atoms with van der Waals surface area (Å²) >= 11 is 6.12. The number of para-hydroxylation sites is 2. The van der Waals surface area contributed by atoms with E-state index in [0.29, 0.717) is 33.7 Å². The van der Waals surface area contributed by atoms with E-state index in [9.17, 15) is 4.79 Å². The number of amides is 1. The molecular weight excluding hydrogens is 366 g/mol. The molecule has 0 unspecified atom stereocenters. The Morgan fingerprint density at radius 3 is 2.74 bits per heavy atom. The highest BCUT2D eigenvalue weighted by Crippen LogP contribution is 2.27. The molecule has 4 rings (SSSR count). The van der Waals surface area contributed by atoms with Gasteiger partial charge in [-0.15, -0.1) is 0 Å². The molecule has 0 aliphatic rings. The highest BCUT2D eigenvalue weighted by Gasteiger charge is 2.18. The van der Waals surface area contributed by atoms with Crippen molar-refractivity contribution in [2.45, 2.75) is 0 Å². The number of benzene rings is 2. The molecule has 27 heavy (non-hydrogen) atoms. The molecule has 2 heterocycles. The molecule has 0 saturated carbocycles. The monoisotopic (exact) mass is 381 g/mol. The first-order valence-corrected chi connectivity index (χ1v) is 8.57. The number of hydrogen-bond donors (Lipinski definition) is 2. The lowest BCUT2D eigenvalue weighted by Gasteiger charge is -2.14. The molecule has 0 bridgehead atoms. The molecule has 0 saturated heterocycles. The molecule has 0 aliphatic heterocycles. The fourth-order valence-electron chi connectivity index (χ4n) is 2.78. The molecular formula is C19H16ClN5O2. The van der Waals surface area contributed by atoms with Crippen LogP contribution in [0.4, 0.5) is 5.82 Å². The molecule has 0 aliphatic carbocycles. The van der Waals surface area contributed by atoms with E-state index < -0.39 is 0 Å². The summed E-state index contributed by atoms with van der Waals surface area (Å²) < 4.78 is 5.12. The Morgan fingerprint density at radius 1 is 1.19 bits per heavy atom. The number of carbonyl (C=O) groups is 1. The number of rotatable bonds is 4. The molecule has 1 amide bonds. The highest BCUT2D eigenvalue weighted by molar-refractivity contribution is 6.32. The van der Waals surface area contributed by atoms with Crippen molar-refractivity contribution in [1.29, 1.82) is 0 Å². The molecule has 0 atom stereocenters. The van der Waals surface area contributed by atoms with E-state index in [1.54, 1.807) is 31.3 Å². The van der Waals surface area contributed by atoms with E-state index in [4.69, 9.17) is 16.3 Å². The summed E-state index contributed by atoms with van der Waals surface area (Å²) in [7, 11) is 3.18. The van der Waals surface area contributed by atoms with Crippen LogP contribution in [0.5, 0.6) is 5.75 Å². The molecule has 2 aromatic carbocycles. The first-order valence-electron chi connectivity index (χ1n) is 8.19. The van der Waals surface area contributed by atoms with Crippen LogP contribution >= 0.6 is 11.6 Å². The minimum atomic E-state index is -0.234. The Balaban J connectivity index is 1.60. The number of imidazole rings is 1. The molecule has 8 heteroatoms. The van der Waals surface area contributed by atoms with Crippen LogP contribution in [0.1, 0.15) is 10.4 Å². The Labute approximate surface area is 159 Å². The van der Waals surface area contributed by atoms with Crippen molar-refractivity contribution in [3.8, 4) is 17.3 Å². The minimum Gasteiger partial charge on any atom is -0.495 e. The number of aromatic nitrogens is 4. The number of carbonyl (C=O) groups excluding carboxylic acids is 1. The van der Waals surface area contributed by atoms with E-state index in [2.05, 4.69) is 20.2 Å². The lowest BCUT2D eigenvalue weighted by molar-refractivity contribution is 0.0992. The van der Waals surface area contributed by atoms with Crippen molar-refractivity contribution < 1.29 is 9.53 Å². The summed E-state index contributed by atoms with van der Waals surface area (Å²) in [6.07, 6.45) is 0. The van der Waals surface area contributed by atoms with Crippen LogP contribution in [0.3, 0.4) is 0 Å². The minimum absolute atomic E-state index is 0.234. The average molecular weight is 382 g/mol. The van der Waals surface area contributed by atoms with Gasteiger partial charge in [-0.1, -0.05) is 23.7 Å². The number of nitrogens with one attached hydrogen (secondary N) is 2. The zero-order valence-corrected chi connectivity index (χ0v) is 15.4. The Bertz CT molecular complexity index is 1100. The van der Waals surface area contributed by atoms with Gasteiger partial charge in [-0.3, -0.25) is 14.8 Å². The topological polar surface area (TPSA) is 86.9 Å². The second-order valence-electron chi connectivity index (χ2n) is 5.96. The summed E-state index contributed by atoms with van der Waals surface area (Å²) in [6, 6.07) is 14.4. The van der Waals surface area contributed by atoms with Gasteiger partial charge < -0.3 is 9.72 Å².